The van der Waals surface area contributed by atoms with E-state index >= 15 is 0 Å². The molecule has 0 aliphatic heterocycles. The average Bonchev–Trinajstić information content (AvgIpc) is 3.23. The van der Waals surface area contributed by atoms with Crippen LogP contribution in [-0.2, 0) is 12.0 Å². The van der Waals surface area contributed by atoms with Crippen molar-refractivity contribution in [3.63, 3.8) is 0 Å². The van der Waals surface area contributed by atoms with Crippen molar-refractivity contribution >= 4 is 6.08 Å². The van der Waals surface area contributed by atoms with Gasteiger partial charge in [0.25, 0.3) is 0 Å². The first-order chi connectivity index (χ1) is 13.7. The van der Waals surface area contributed by atoms with E-state index in [-0.39, 0.29) is 0 Å². The van der Waals surface area contributed by atoms with Crippen molar-refractivity contribution in [2.24, 2.45) is 0 Å². The van der Waals surface area contributed by atoms with Gasteiger partial charge in [-0.25, -0.2) is 0 Å². The Morgan fingerprint density at radius 3 is 2.11 bits per heavy atom. The molecule has 0 aliphatic rings. The fourth-order valence-electron chi connectivity index (χ4n) is 3.28. The first kappa shape index (κ1) is 18.0. The Labute approximate surface area is 165 Å². The lowest BCUT2D eigenvalue weighted by molar-refractivity contribution is 0.0896. The van der Waals surface area contributed by atoms with E-state index in [1.165, 1.54) is 0 Å². The normalized spacial score (nSPS) is 13.5. The Kier molecular flexibility index (Phi) is 5.18. The zero-order chi connectivity index (χ0) is 19.2. The van der Waals surface area contributed by atoms with E-state index in [0.717, 1.165) is 28.1 Å². The third-order valence-electron chi connectivity index (χ3n) is 4.79. The molecular formula is C25H22N2O. The minimum atomic E-state index is -1.14. The molecule has 0 radical (unpaired) electrons. The molecule has 4 aromatic rings. The zero-order valence-corrected chi connectivity index (χ0v) is 15.5. The first-order valence-corrected chi connectivity index (χ1v) is 9.35. The highest BCUT2D eigenvalue weighted by atomic mass is 16.3. The van der Waals surface area contributed by atoms with Crippen LogP contribution >= 0.6 is 0 Å². The van der Waals surface area contributed by atoms with Crippen LogP contribution in [0.2, 0.25) is 0 Å². The van der Waals surface area contributed by atoms with Crippen LogP contribution in [0.4, 0.5) is 0 Å². The van der Waals surface area contributed by atoms with Crippen LogP contribution < -0.4 is 0 Å². The van der Waals surface area contributed by atoms with Gasteiger partial charge in [-0.2, -0.15) is 5.10 Å². The summed E-state index contributed by atoms with van der Waals surface area (Å²) in [6.07, 6.45) is 4.22. The van der Waals surface area contributed by atoms with Gasteiger partial charge < -0.3 is 5.11 Å². The van der Waals surface area contributed by atoms with Gasteiger partial charge in [0.1, 0.15) is 5.60 Å². The number of aliphatic hydroxyl groups is 1. The van der Waals surface area contributed by atoms with Crippen LogP contribution in [0, 0.1) is 0 Å². The number of hydrogen-bond acceptors (Lipinski definition) is 2. The van der Waals surface area contributed by atoms with E-state index in [0.29, 0.717) is 6.42 Å². The van der Waals surface area contributed by atoms with Gasteiger partial charge in [-0.1, -0.05) is 97.1 Å². The molecule has 0 bridgehead atoms. The van der Waals surface area contributed by atoms with Crippen LogP contribution in [0.1, 0.15) is 16.8 Å². The Morgan fingerprint density at radius 1 is 0.821 bits per heavy atom. The van der Waals surface area contributed by atoms with E-state index in [9.17, 15) is 5.11 Å². The van der Waals surface area contributed by atoms with Gasteiger partial charge in [0, 0.05) is 17.7 Å². The van der Waals surface area contributed by atoms with Crippen molar-refractivity contribution in [2.75, 3.05) is 0 Å². The third-order valence-corrected chi connectivity index (χ3v) is 4.79. The summed E-state index contributed by atoms with van der Waals surface area (Å²) in [6, 6.07) is 31.8. The summed E-state index contributed by atoms with van der Waals surface area (Å²) < 4.78 is 0. The number of H-pyrrole nitrogens is 1. The molecular weight excluding hydrogens is 344 g/mol. The molecule has 3 aromatic carbocycles. The van der Waals surface area contributed by atoms with Gasteiger partial charge in [0.15, 0.2) is 0 Å². The minimum absolute atomic E-state index is 0.403. The number of aromatic amines is 1. The molecule has 1 atom stereocenters. The van der Waals surface area contributed by atoms with Gasteiger partial charge >= 0.3 is 0 Å². The van der Waals surface area contributed by atoms with Crippen molar-refractivity contribution in [1.82, 2.24) is 10.2 Å². The smallest absolute Gasteiger partial charge is 0.114 e. The number of nitrogens with zero attached hydrogens (tertiary/aromatic N) is 1. The van der Waals surface area contributed by atoms with Gasteiger partial charge in [0.05, 0.1) is 5.69 Å². The number of rotatable bonds is 6. The molecule has 4 rings (SSSR count). The maximum Gasteiger partial charge on any atom is 0.114 e. The molecule has 2 N–H and O–H groups in total. The maximum absolute atomic E-state index is 11.5. The highest BCUT2D eigenvalue weighted by Crippen LogP contribution is 2.29. The van der Waals surface area contributed by atoms with Crippen LogP contribution in [0.25, 0.3) is 17.3 Å². The van der Waals surface area contributed by atoms with Crippen LogP contribution in [0.15, 0.2) is 103 Å². The highest BCUT2D eigenvalue weighted by Gasteiger charge is 2.27. The second-order valence-corrected chi connectivity index (χ2v) is 6.86. The van der Waals surface area contributed by atoms with Gasteiger partial charge in [-0.05, 0) is 23.3 Å². The molecule has 138 valence electrons. The largest absolute Gasteiger partial charge is 0.381 e. The fourth-order valence-corrected chi connectivity index (χ4v) is 3.28. The lowest BCUT2D eigenvalue weighted by Gasteiger charge is -2.24. The summed E-state index contributed by atoms with van der Waals surface area (Å²) in [7, 11) is 0. The average molecular weight is 366 g/mol. The standard InChI is InChI=1S/C25H22N2O/c28-25(22-14-8-3-9-15-22,17-16-20-10-4-1-5-11-20)19-23-18-24(27-26-23)21-12-6-2-7-13-21/h1-18,28H,19H2,(H,26,27). The number of benzene rings is 3. The van der Waals surface area contributed by atoms with Gasteiger partial charge in [-0.15, -0.1) is 0 Å². The molecule has 0 aliphatic carbocycles. The van der Waals surface area contributed by atoms with E-state index in [1.807, 2.05) is 109 Å². The van der Waals surface area contributed by atoms with E-state index < -0.39 is 5.60 Å². The number of nitrogens with one attached hydrogen (secondary N) is 1. The molecule has 1 heterocycles. The molecule has 0 spiro atoms. The summed E-state index contributed by atoms with van der Waals surface area (Å²) in [6.45, 7) is 0. The van der Waals surface area contributed by atoms with Crippen LogP contribution in [0.5, 0.6) is 0 Å². The minimum Gasteiger partial charge on any atom is -0.381 e. The maximum atomic E-state index is 11.5. The van der Waals surface area contributed by atoms with E-state index in [4.69, 9.17) is 0 Å². The second kappa shape index (κ2) is 8.07. The summed E-state index contributed by atoms with van der Waals surface area (Å²) >= 11 is 0. The number of hydrogen-bond donors (Lipinski definition) is 2. The van der Waals surface area contributed by atoms with Crippen molar-refractivity contribution in [1.29, 1.82) is 0 Å². The number of aromatic nitrogens is 2. The first-order valence-electron chi connectivity index (χ1n) is 9.35. The van der Waals surface area contributed by atoms with Crippen molar-refractivity contribution in [3.05, 3.63) is 120 Å². The summed E-state index contributed by atoms with van der Waals surface area (Å²) in [5.74, 6) is 0. The Hall–Kier alpha value is -3.43. The lowest BCUT2D eigenvalue weighted by atomic mass is 9.88. The zero-order valence-electron chi connectivity index (χ0n) is 15.5. The summed E-state index contributed by atoms with van der Waals surface area (Å²) in [5, 5.41) is 19.0. The van der Waals surface area contributed by atoms with Crippen LogP contribution in [-0.4, -0.2) is 15.3 Å². The Bertz CT molecular complexity index is 1040. The van der Waals surface area contributed by atoms with E-state index in [2.05, 4.69) is 10.2 Å². The molecule has 1 aromatic heterocycles. The summed E-state index contributed by atoms with van der Waals surface area (Å²) in [4.78, 5) is 0. The van der Waals surface area contributed by atoms with Crippen molar-refractivity contribution in [2.45, 2.75) is 12.0 Å². The predicted molar refractivity (Wildman–Crippen MR) is 114 cm³/mol. The third kappa shape index (κ3) is 4.11. The molecule has 0 saturated carbocycles. The molecule has 0 saturated heterocycles. The second-order valence-electron chi connectivity index (χ2n) is 6.86. The summed E-state index contributed by atoms with van der Waals surface area (Å²) in [5.41, 5.74) is 3.55. The Balaban J connectivity index is 1.65. The van der Waals surface area contributed by atoms with Gasteiger partial charge in [0.2, 0.25) is 0 Å². The van der Waals surface area contributed by atoms with E-state index in [1.54, 1.807) is 0 Å². The molecule has 0 fully saturated rings. The molecule has 3 heteroatoms. The topological polar surface area (TPSA) is 48.9 Å². The molecule has 1 unspecified atom stereocenters. The monoisotopic (exact) mass is 366 g/mol. The fraction of sp³-hybridized carbons (Fsp3) is 0.0800. The predicted octanol–water partition coefficient (Wildman–Crippen LogP) is 5.22. The highest BCUT2D eigenvalue weighted by molar-refractivity contribution is 5.59. The van der Waals surface area contributed by atoms with Crippen molar-refractivity contribution < 1.29 is 5.11 Å². The van der Waals surface area contributed by atoms with Gasteiger partial charge in [-0.3, -0.25) is 5.10 Å². The molecule has 3 nitrogen and oxygen atoms in total. The lowest BCUT2D eigenvalue weighted by Crippen LogP contribution is -2.26. The van der Waals surface area contributed by atoms with Crippen LogP contribution in [0.3, 0.4) is 0 Å². The SMILES string of the molecule is OC(C=Cc1ccccc1)(Cc1cc(-c2ccccc2)n[nH]1)c1ccccc1. The Morgan fingerprint density at radius 2 is 1.43 bits per heavy atom. The molecule has 0 amide bonds. The molecule has 28 heavy (non-hydrogen) atoms. The van der Waals surface area contributed by atoms with Crippen molar-refractivity contribution in [3.8, 4) is 11.3 Å². The quantitative estimate of drug-likeness (QED) is 0.491.